The Bertz CT molecular complexity index is 360. The molecule has 2 unspecified atom stereocenters. The van der Waals surface area contributed by atoms with Crippen molar-refractivity contribution in [3.63, 3.8) is 0 Å². The van der Waals surface area contributed by atoms with Crippen LogP contribution in [-0.2, 0) is 4.79 Å². The highest BCUT2D eigenvalue weighted by Crippen LogP contribution is 2.44. The van der Waals surface area contributed by atoms with E-state index >= 15 is 0 Å². The minimum Gasteiger partial charge on any atom is -0.299 e. The molecule has 14 heavy (non-hydrogen) atoms. The molecule has 0 saturated heterocycles. The van der Waals surface area contributed by atoms with Crippen LogP contribution in [0.2, 0.25) is 0 Å². The van der Waals surface area contributed by atoms with Crippen LogP contribution in [0.4, 0.5) is 4.39 Å². The molecule has 0 amide bonds. The van der Waals surface area contributed by atoms with E-state index in [-0.39, 0.29) is 29.4 Å². The van der Waals surface area contributed by atoms with Crippen molar-refractivity contribution in [2.24, 2.45) is 11.8 Å². The number of halogens is 1. The summed E-state index contributed by atoms with van der Waals surface area (Å²) in [7, 11) is 0. The van der Waals surface area contributed by atoms with Crippen LogP contribution in [0.3, 0.4) is 0 Å². The molecule has 1 fully saturated rings. The number of hydrogen-bond donors (Lipinski definition) is 0. The van der Waals surface area contributed by atoms with Gasteiger partial charge in [0.15, 0.2) is 0 Å². The number of carbonyl (C=O) groups is 1. The van der Waals surface area contributed by atoms with E-state index in [0.29, 0.717) is 5.56 Å². The molecule has 1 aliphatic rings. The summed E-state index contributed by atoms with van der Waals surface area (Å²) in [6, 6.07) is 6.73. The molecule has 0 N–H and O–H groups in total. The highest BCUT2D eigenvalue weighted by Gasteiger charge is 2.45. The van der Waals surface area contributed by atoms with Gasteiger partial charge in [-0.15, -0.1) is 0 Å². The number of hydrogen-bond acceptors (Lipinski definition) is 1. The molecule has 0 aliphatic heterocycles. The van der Waals surface area contributed by atoms with Gasteiger partial charge in [0.05, 0.1) is 0 Å². The molecule has 1 nitrogen and oxygen atoms in total. The molecular formula is C12H13FO. The Hall–Kier alpha value is -1.18. The van der Waals surface area contributed by atoms with Crippen LogP contribution in [0.15, 0.2) is 24.3 Å². The summed E-state index contributed by atoms with van der Waals surface area (Å²) in [5, 5.41) is 0. The van der Waals surface area contributed by atoms with Gasteiger partial charge in [-0.1, -0.05) is 32.0 Å². The fourth-order valence-corrected chi connectivity index (χ4v) is 2.37. The first kappa shape index (κ1) is 9.38. The Balaban J connectivity index is 2.33. The Labute approximate surface area is 82.9 Å². The van der Waals surface area contributed by atoms with E-state index in [4.69, 9.17) is 0 Å². The third-order valence-electron chi connectivity index (χ3n) is 3.24. The Morgan fingerprint density at radius 2 is 1.71 bits per heavy atom. The predicted octanol–water partition coefficient (Wildman–Crippen LogP) is 2.76. The molecule has 1 saturated carbocycles. The zero-order valence-corrected chi connectivity index (χ0v) is 8.33. The standard InChI is InChI=1S/C12H13FO/c1-7-11(8(2)12(7)14)9-5-3-4-6-10(9)13/h3-8,11H,1-2H3. The van der Waals surface area contributed by atoms with Crippen LogP contribution >= 0.6 is 0 Å². The zero-order valence-electron chi connectivity index (χ0n) is 8.33. The monoisotopic (exact) mass is 192 g/mol. The Morgan fingerprint density at radius 1 is 1.14 bits per heavy atom. The van der Waals surface area contributed by atoms with Crippen molar-refractivity contribution in [1.82, 2.24) is 0 Å². The van der Waals surface area contributed by atoms with Crippen molar-refractivity contribution in [2.45, 2.75) is 19.8 Å². The molecule has 0 spiro atoms. The number of benzene rings is 1. The quantitative estimate of drug-likeness (QED) is 0.668. The highest BCUT2D eigenvalue weighted by atomic mass is 19.1. The van der Waals surface area contributed by atoms with Gasteiger partial charge in [0.1, 0.15) is 11.6 Å². The maximum atomic E-state index is 13.4. The normalized spacial score (nSPS) is 31.4. The van der Waals surface area contributed by atoms with Crippen molar-refractivity contribution in [2.75, 3.05) is 0 Å². The average molecular weight is 192 g/mol. The maximum absolute atomic E-state index is 13.4. The third kappa shape index (κ3) is 1.17. The second-order valence-electron chi connectivity index (χ2n) is 4.03. The molecule has 1 aromatic rings. The minimum atomic E-state index is -0.191. The van der Waals surface area contributed by atoms with Gasteiger partial charge in [0.2, 0.25) is 0 Å². The minimum absolute atomic E-state index is 0.0260. The van der Waals surface area contributed by atoms with Crippen LogP contribution in [0.25, 0.3) is 0 Å². The largest absolute Gasteiger partial charge is 0.299 e. The second-order valence-corrected chi connectivity index (χ2v) is 4.03. The van der Waals surface area contributed by atoms with Gasteiger partial charge in [0.25, 0.3) is 0 Å². The van der Waals surface area contributed by atoms with E-state index in [2.05, 4.69) is 0 Å². The lowest BCUT2D eigenvalue weighted by Crippen LogP contribution is -2.42. The average Bonchev–Trinajstić information content (AvgIpc) is 2.21. The van der Waals surface area contributed by atoms with Gasteiger partial charge in [0, 0.05) is 17.8 Å². The first-order valence-electron chi connectivity index (χ1n) is 4.91. The number of carbonyl (C=O) groups excluding carboxylic acids is 1. The van der Waals surface area contributed by atoms with E-state index < -0.39 is 0 Å². The number of Topliss-reactive ketones (excluding diaryl/α,β-unsaturated/α-hetero) is 1. The summed E-state index contributed by atoms with van der Waals surface area (Å²) in [4.78, 5) is 11.3. The zero-order chi connectivity index (χ0) is 10.3. The first-order chi connectivity index (χ1) is 6.63. The summed E-state index contributed by atoms with van der Waals surface area (Å²) >= 11 is 0. The van der Waals surface area contributed by atoms with Crippen LogP contribution in [0, 0.1) is 17.7 Å². The number of ketones is 1. The van der Waals surface area contributed by atoms with Gasteiger partial charge in [-0.25, -0.2) is 4.39 Å². The lowest BCUT2D eigenvalue weighted by molar-refractivity contribution is -0.136. The maximum Gasteiger partial charge on any atom is 0.139 e. The van der Waals surface area contributed by atoms with Gasteiger partial charge >= 0.3 is 0 Å². The van der Waals surface area contributed by atoms with Crippen LogP contribution < -0.4 is 0 Å². The van der Waals surface area contributed by atoms with E-state index in [1.54, 1.807) is 12.1 Å². The topological polar surface area (TPSA) is 17.1 Å². The van der Waals surface area contributed by atoms with Crippen molar-refractivity contribution >= 4 is 5.78 Å². The van der Waals surface area contributed by atoms with Gasteiger partial charge in [-0.3, -0.25) is 4.79 Å². The molecule has 0 aromatic heterocycles. The lowest BCUT2D eigenvalue weighted by Gasteiger charge is -2.39. The number of rotatable bonds is 1. The summed E-state index contributed by atoms with van der Waals surface area (Å²) in [6.45, 7) is 3.75. The first-order valence-corrected chi connectivity index (χ1v) is 4.91. The molecule has 2 rings (SSSR count). The van der Waals surface area contributed by atoms with Crippen LogP contribution in [0.5, 0.6) is 0 Å². The summed E-state index contributed by atoms with van der Waals surface area (Å²) in [5.41, 5.74) is 0.687. The van der Waals surface area contributed by atoms with Gasteiger partial charge in [-0.2, -0.15) is 0 Å². The molecule has 0 bridgehead atoms. The molecule has 1 aliphatic carbocycles. The van der Waals surface area contributed by atoms with Crippen molar-refractivity contribution < 1.29 is 9.18 Å². The van der Waals surface area contributed by atoms with Gasteiger partial charge < -0.3 is 0 Å². The highest BCUT2D eigenvalue weighted by molar-refractivity contribution is 5.91. The van der Waals surface area contributed by atoms with E-state index in [0.717, 1.165) is 0 Å². The Kier molecular flexibility index (Phi) is 2.14. The van der Waals surface area contributed by atoms with Crippen molar-refractivity contribution in [1.29, 1.82) is 0 Å². The fourth-order valence-electron chi connectivity index (χ4n) is 2.37. The summed E-state index contributed by atoms with van der Waals surface area (Å²) in [5.74, 6) is 0.0782. The molecule has 0 radical (unpaired) electrons. The molecule has 1 aromatic carbocycles. The molecule has 0 heterocycles. The van der Waals surface area contributed by atoms with Crippen molar-refractivity contribution in [3.8, 4) is 0 Å². The second kappa shape index (κ2) is 3.19. The Morgan fingerprint density at radius 3 is 2.29 bits per heavy atom. The van der Waals surface area contributed by atoms with Crippen LogP contribution in [0.1, 0.15) is 25.3 Å². The van der Waals surface area contributed by atoms with Crippen molar-refractivity contribution in [3.05, 3.63) is 35.6 Å². The van der Waals surface area contributed by atoms with Gasteiger partial charge in [-0.05, 0) is 11.6 Å². The molecule has 2 atom stereocenters. The summed E-state index contributed by atoms with van der Waals surface area (Å²) in [6.07, 6.45) is 0. The van der Waals surface area contributed by atoms with Crippen LogP contribution in [-0.4, -0.2) is 5.78 Å². The third-order valence-corrected chi connectivity index (χ3v) is 3.24. The predicted molar refractivity (Wildman–Crippen MR) is 52.5 cm³/mol. The van der Waals surface area contributed by atoms with E-state index in [1.807, 2.05) is 19.9 Å². The SMILES string of the molecule is CC1C(=O)C(C)C1c1ccccc1F. The lowest BCUT2D eigenvalue weighted by atomic mass is 9.62. The molecule has 2 heteroatoms. The molecular weight excluding hydrogens is 179 g/mol. The van der Waals surface area contributed by atoms with E-state index in [1.165, 1.54) is 6.07 Å². The van der Waals surface area contributed by atoms with E-state index in [9.17, 15) is 9.18 Å². The fraction of sp³-hybridized carbons (Fsp3) is 0.417. The molecule has 74 valence electrons. The summed E-state index contributed by atoms with van der Waals surface area (Å²) < 4.78 is 13.4. The smallest absolute Gasteiger partial charge is 0.139 e.